The van der Waals surface area contributed by atoms with E-state index >= 15 is 0 Å². The van der Waals surface area contributed by atoms with Crippen molar-refractivity contribution in [2.24, 2.45) is 0 Å². The molecule has 0 fully saturated rings. The Bertz CT molecular complexity index is 1210. The summed E-state index contributed by atoms with van der Waals surface area (Å²) >= 11 is 0. The van der Waals surface area contributed by atoms with Gasteiger partial charge >= 0.3 is 37.7 Å². The number of rotatable bonds is 24. The van der Waals surface area contributed by atoms with Crippen molar-refractivity contribution >= 4 is 58.0 Å². The van der Waals surface area contributed by atoms with Crippen molar-refractivity contribution in [3.05, 3.63) is 47.5 Å². The molecule has 47 heavy (non-hydrogen) atoms. The van der Waals surface area contributed by atoms with Gasteiger partial charge in [-0.15, -0.1) is 5.75 Å². The largest absolute Gasteiger partial charge is 2.00 e. The number of aryl methyl sites for hydroxylation is 2. The van der Waals surface area contributed by atoms with Crippen molar-refractivity contribution in [3.63, 3.8) is 0 Å². The Morgan fingerprint density at radius 3 is 1.28 bits per heavy atom. The van der Waals surface area contributed by atoms with Gasteiger partial charge in [0.2, 0.25) is 0 Å². The van der Waals surface area contributed by atoms with E-state index in [0.29, 0.717) is 12.0 Å². The van der Waals surface area contributed by atoms with Gasteiger partial charge in [0.25, 0.3) is 10.1 Å². The normalized spacial score (nSPS) is 11.5. The molecule has 2 aromatic carbocycles. The van der Waals surface area contributed by atoms with E-state index < -0.39 is 25.1 Å². The molecule has 0 atom stereocenters. The Balaban J connectivity index is 0.000000882. The van der Waals surface area contributed by atoms with Gasteiger partial charge < -0.3 is 14.8 Å². The molecule has 0 bridgehead atoms. The number of hydrogen-bond donors (Lipinski definition) is 2. The molecule has 0 aromatic heterocycles. The molecule has 2 N–H and O–H groups in total. The van der Waals surface area contributed by atoms with E-state index in [0.717, 1.165) is 49.8 Å². The quantitative estimate of drug-likeness (QED) is 0.0619. The molecule has 0 radical (unpaired) electrons. The van der Waals surface area contributed by atoms with Crippen molar-refractivity contribution in [3.8, 4) is 11.5 Å². The maximum Gasteiger partial charge on any atom is 2.00 e. The Labute approximate surface area is 315 Å². The molecule has 0 heterocycles. The van der Waals surface area contributed by atoms with E-state index in [1.165, 1.54) is 121 Å². The second-order valence-corrected chi connectivity index (χ2v) is 15.2. The first-order chi connectivity index (χ1) is 21.9. The van der Waals surface area contributed by atoms with Crippen molar-refractivity contribution in [1.82, 2.24) is 0 Å². The van der Waals surface area contributed by atoms with E-state index in [1.54, 1.807) is 6.07 Å². The van der Waals surface area contributed by atoms with Gasteiger partial charge in [-0.1, -0.05) is 153 Å². The van der Waals surface area contributed by atoms with Crippen LogP contribution >= 0.6 is 0 Å². The van der Waals surface area contributed by atoms with Gasteiger partial charge in [-0.05, 0) is 43.4 Å². The third kappa shape index (κ3) is 22.5. The van der Waals surface area contributed by atoms with Gasteiger partial charge in [0.15, 0.2) is 0 Å². The first-order valence-corrected chi connectivity index (χ1v) is 20.3. The molecule has 8 nitrogen and oxygen atoms in total. The molecule has 0 spiro atoms. The summed E-state index contributed by atoms with van der Waals surface area (Å²) in [5.41, 5.74) is 1.33. The molecule has 2 aromatic rings. The van der Waals surface area contributed by atoms with Gasteiger partial charge in [0.1, 0.15) is 15.9 Å². The Morgan fingerprint density at radius 2 is 0.915 bits per heavy atom. The summed E-state index contributed by atoms with van der Waals surface area (Å²) in [6.07, 6.45) is 26.2. The molecule has 11 heteroatoms. The van der Waals surface area contributed by atoms with Crippen LogP contribution in [0.4, 0.5) is 0 Å². The van der Waals surface area contributed by atoms with Crippen LogP contribution in [0.3, 0.4) is 0 Å². The van der Waals surface area contributed by atoms with Gasteiger partial charge in [-0.2, -0.15) is 8.42 Å². The number of hydrogen-bond acceptors (Lipinski definition) is 7. The third-order valence-electron chi connectivity index (χ3n) is 8.28. The standard InChI is InChI=1S/2C18H30O4S.Ca/c2*1-2-3-4-5-6-7-8-9-10-11-12-16-13-14-17(15-18(16)19)23(20,21)22;/h2*13-15,19H,2-12H2,1H3,(H,20,21,22);/q;;+2/p-2. The molecule has 2 rings (SSSR count). The molecule has 0 saturated carbocycles. The number of aromatic hydroxyl groups is 1. The van der Waals surface area contributed by atoms with Crippen LogP contribution in [-0.4, -0.2) is 68.8 Å². The minimum Gasteiger partial charge on any atom is -0.872 e. The van der Waals surface area contributed by atoms with Crippen molar-refractivity contribution in [1.29, 1.82) is 0 Å². The average molecular weight is 723 g/mol. The van der Waals surface area contributed by atoms with E-state index in [2.05, 4.69) is 13.8 Å². The number of unbranched alkanes of at least 4 members (excludes halogenated alkanes) is 18. The second-order valence-electron chi connectivity index (χ2n) is 12.4. The Morgan fingerprint density at radius 1 is 0.553 bits per heavy atom. The summed E-state index contributed by atoms with van der Waals surface area (Å²) in [4.78, 5) is -0.698. The minimum absolute atomic E-state index is 0. The van der Waals surface area contributed by atoms with E-state index in [1.807, 2.05) is 0 Å². The summed E-state index contributed by atoms with van der Waals surface area (Å²) < 4.78 is 63.4. The van der Waals surface area contributed by atoms with Gasteiger partial charge in [0.05, 0.1) is 9.79 Å². The molecular formula is C36H58CaO8S2. The first kappa shape index (κ1) is 46.1. The fraction of sp³-hybridized carbons (Fsp3) is 0.667. The topological polar surface area (TPSA) is 155 Å². The SMILES string of the molecule is CCCCCCCCCCCCc1ccc(S(=O)(=O)O)cc1O.CCCCCCCCCCCCc1ccc(S(=O)(=O)[O-])cc1[O-].[Ca+2]. The van der Waals surface area contributed by atoms with E-state index in [9.17, 15) is 31.6 Å². The van der Waals surface area contributed by atoms with Crippen molar-refractivity contribution in [2.75, 3.05) is 0 Å². The maximum atomic E-state index is 11.8. The van der Waals surface area contributed by atoms with Crippen LogP contribution < -0.4 is 5.11 Å². The van der Waals surface area contributed by atoms with E-state index in [-0.39, 0.29) is 54.1 Å². The van der Waals surface area contributed by atoms with Gasteiger partial charge in [-0.3, -0.25) is 4.55 Å². The predicted molar refractivity (Wildman–Crippen MR) is 189 cm³/mol. The third-order valence-corrected chi connectivity index (χ3v) is 9.96. The van der Waals surface area contributed by atoms with Crippen LogP contribution in [0.25, 0.3) is 0 Å². The predicted octanol–water partition coefficient (Wildman–Crippen LogP) is 8.85. The van der Waals surface area contributed by atoms with Crippen LogP contribution in [-0.2, 0) is 33.1 Å². The zero-order valence-corrected chi connectivity index (χ0v) is 32.7. The van der Waals surface area contributed by atoms with Crippen LogP contribution in [0.5, 0.6) is 11.5 Å². The maximum absolute atomic E-state index is 11.8. The van der Waals surface area contributed by atoms with Crippen LogP contribution in [0.15, 0.2) is 46.2 Å². The van der Waals surface area contributed by atoms with E-state index in [4.69, 9.17) is 4.55 Å². The number of benzene rings is 2. The summed E-state index contributed by atoms with van der Waals surface area (Å²) in [5, 5.41) is 21.6. The second kappa shape index (κ2) is 26.9. The Kier molecular flexibility index (Phi) is 26.4. The summed E-state index contributed by atoms with van der Waals surface area (Å²) in [7, 11) is -8.78. The Hall–Kier alpha value is -0.880. The van der Waals surface area contributed by atoms with Crippen molar-refractivity contribution < 1.29 is 36.2 Å². The van der Waals surface area contributed by atoms with Gasteiger partial charge in [0, 0.05) is 6.07 Å². The molecular weight excluding hydrogens is 665 g/mol. The molecule has 0 aliphatic rings. The molecule has 0 aliphatic carbocycles. The smallest absolute Gasteiger partial charge is 0.872 e. The summed E-state index contributed by atoms with van der Waals surface area (Å²) in [6, 6.07) is 7.66. The van der Waals surface area contributed by atoms with Gasteiger partial charge in [-0.25, -0.2) is 8.42 Å². The van der Waals surface area contributed by atoms with Crippen LogP contribution in [0.2, 0.25) is 0 Å². The zero-order valence-electron chi connectivity index (χ0n) is 28.9. The summed E-state index contributed by atoms with van der Waals surface area (Å²) in [5.74, 6) is -0.408. The fourth-order valence-electron chi connectivity index (χ4n) is 5.42. The molecule has 264 valence electrons. The summed E-state index contributed by atoms with van der Waals surface area (Å²) in [6.45, 7) is 4.45. The molecule has 0 saturated heterocycles. The monoisotopic (exact) mass is 722 g/mol. The molecule has 0 amide bonds. The van der Waals surface area contributed by atoms with Crippen LogP contribution in [0, 0.1) is 0 Å². The fourth-order valence-corrected chi connectivity index (χ4v) is 6.40. The first-order valence-electron chi connectivity index (χ1n) is 17.4. The van der Waals surface area contributed by atoms with Crippen molar-refractivity contribution in [2.45, 2.75) is 165 Å². The minimum atomic E-state index is -4.54. The zero-order chi connectivity index (χ0) is 34.3. The van der Waals surface area contributed by atoms with Crippen LogP contribution in [0.1, 0.15) is 153 Å². The average Bonchev–Trinajstić information content (AvgIpc) is 2.99. The molecule has 0 unspecified atom stereocenters. The number of phenols is 1. The number of phenolic OH excluding ortho intramolecular Hbond substituents is 1. The molecule has 0 aliphatic heterocycles.